The molecule has 2 rings (SSSR count). The Balaban J connectivity index is 2.78. The molecule has 2 aromatic heterocycles. The molecule has 17 heavy (non-hydrogen) atoms. The van der Waals surface area contributed by atoms with Crippen molar-refractivity contribution in [1.82, 2.24) is 14.4 Å². The van der Waals surface area contributed by atoms with Crippen molar-refractivity contribution in [3.05, 3.63) is 22.7 Å². The Kier molecular flexibility index (Phi) is 4.01. The summed E-state index contributed by atoms with van der Waals surface area (Å²) in [5.41, 5.74) is 2.21. The Hall–Kier alpha value is -0.650. The van der Waals surface area contributed by atoms with E-state index in [0.29, 0.717) is 22.3 Å². The molecule has 0 aliphatic rings. The van der Waals surface area contributed by atoms with Gasteiger partial charge in [-0.3, -0.25) is 4.40 Å². The van der Waals surface area contributed by atoms with Crippen LogP contribution < -0.4 is 5.32 Å². The number of anilines is 1. The van der Waals surface area contributed by atoms with E-state index in [0.717, 1.165) is 5.69 Å². The molecule has 0 spiro atoms. The van der Waals surface area contributed by atoms with E-state index in [1.807, 2.05) is 11.3 Å². The standard InChI is InChI=1S/C10H8ClIN4S/c1-6-5-14-10-9(13-2)15-7(3-4-17-12)8(11)16(6)10/h5H,1-2H3,(H,13,15). The number of hydrogen-bond acceptors (Lipinski definition) is 4. The van der Waals surface area contributed by atoms with Gasteiger partial charge in [-0.2, -0.15) is 0 Å². The molecule has 4 nitrogen and oxygen atoms in total. The average Bonchev–Trinajstić information content (AvgIpc) is 2.71. The van der Waals surface area contributed by atoms with E-state index in [1.54, 1.807) is 13.2 Å². The van der Waals surface area contributed by atoms with Crippen LogP contribution in [0.4, 0.5) is 5.82 Å². The van der Waals surface area contributed by atoms with Crippen molar-refractivity contribution in [2.24, 2.45) is 0 Å². The molecule has 0 saturated heterocycles. The zero-order valence-electron chi connectivity index (χ0n) is 9.08. The first-order chi connectivity index (χ1) is 8.19. The summed E-state index contributed by atoms with van der Waals surface area (Å²) < 4.78 is 1.84. The number of aryl methyl sites for hydroxylation is 1. The molecule has 0 amide bonds. The van der Waals surface area contributed by atoms with Gasteiger partial charge in [-0.15, -0.1) is 0 Å². The minimum atomic E-state index is 0.493. The molecule has 2 heterocycles. The van der Waals surface area contributed by atoms with Crippen LogP contribution in [-0.2, 0) is 0 Å². The first kappa shape index (κ1) is 12.8. The highest BCUT2D eigenvalue weighted by atomic mass is 127. The minimum absolute atomic E-state index is 0.493. The summed E-state index contributed by atoms with van der Waals surface area (Å²) in [6, 6.07) is 0. The highest BCUT2D eigenvalue weighted by Gasteiger charge is 2.13. The lowest BCUT2D eigenvalue weighted by Crippen LogP contribution is -2.03. The lowest BCUT2D eigenvalue weighted by atomic mass is 10.4. The van der Waals surface area contributed by atoms with Crippen molar-refractivity contribution in [2.75, 3.05) is 12.4 Å². The molecule has 0 fully saturated rings. The van der Waals surface area contributed by atoms with Crippen LogP contribution in [0, 0.1) is 18.1 Å². The molecule has 7 heteroatoms. The van der Waals surface area contributed by atoms with Gasteiger partial charge in [-0.25, -0.2) is 9.97 Å². The van der Waals surface area contributed by atoms with E-state index in [-0.39, 0.29) is 0 Å². The summed E-state index contributed by atoms with van der Waals surface area (Å²) in [7, 11) is 3.19. The fourth-order valence-corrected chi connectivity index (χ4v) is 2.25. The minimum Gasteiger partial charge on any atom is -0.370 e. The van der Waals surface area contributed by atoms with Gasteiger partial charge in [0.25, 0.3) is 0 Å². The van der Waals surface area contributed by atoms with Gasteiger partial charge in [0.15, 0.2) is 17.2 Å². The lowest BCUT2D eigenvalue weighted by Gasteiger charge is -2.07. The third-order valence-electron chi connectivity index (χ3n) is 2.21. The molecule has 0 atom stereocenters. The van der Waals surface area contributed by atoms with Crippen LogP contribution in [0.2, 0.25) is 5.15 Å². The van der Waals surface area contributed by atoms with E-state index >= 15 is 0 Å². The Morgan fingerprint density at radius 3 is 3.00 bits per heavy atom. The molecule has 2 aromatic rings. The summed E-state index contributed by atoms with van der Waals surface area (Å²) >= 11 is 8.38. The second kappa shape index (κ2) is 5.33. The zero-order valence-corrected chi connectivity index (χ0v) is 12.8. The number of imidazole rings is 1. The maximum atomic E-state index is 6.27. The van der Waals surface area contributed by atoms with Crippen LogP contribution in [0.1, 0.15) is 11.4 Å². The third-order valence-corrected chi connectivity index (χ3v) is 3.40. The van der Waals surface area contributed by atoms with Gasteiger partial charge in [0, 0.05) is 40.1 Å². The van der Waals surface area contributed by atoms with Crippen LogP contribution in [0.15, 0.2) is 6.20 Å². The second-order valence-corrected chi connectivity index (χ2v) is 5.25. The summed E-state index contributed by atoms with van der Waals surface area (Å²) in [6.45, 7) is 1.94. The molecular formula is C10H8ClIN4S. The number of rotatable bonds is 1. The van der Waals surface area contributed by atoms with Crippen molar-refractivity contribution >= 4 is 53.2 Å². The highest BCUT2D eigenvalue weighted by Crippen LogP contribution is 2.23. The zero-order chi connectivity index (χ0) is 12.4. The summed E-state index contributed by atoms with van der Waals surface area (Å²) in [6.07, 6.45) is 1.76. The van der Waals surface area contributed by atoms with Gasteiger partial charge in [0.05, 0.1) is 0 Å². The summed E-state index contributed by atoms with van der Waals surface area (Å²) in [5, 5.41) is 6.37. The fourth-order valence-electron chi connectivity index (χ4n) is 1.48. The highest BCUT2D eigenvalue weighted by molar-refractivity contribution is 14.2. The molecule has 0 aliphatic heterocycles. The monoisotopic (exact) mass is 378 g/mol. The van der Waals surface area contributed by atoms with Crippen LogP contribution in [-0.4, -0.2) is 21.4 Å². The lowest BCUT2D eigenvalue weighted by molar-refractivity contribution is 1.06. The van der Waals surface area contributed by atoms with E-state index in [1.165, 1.54) is 8.93 Å². The average molecular weight is 379 g/mol. The molecule has 0 unspecified atom stereocenters. The van der Waals surface area contributed by atoms with Crippen molar-refractivity contribution in [3.8, 4) is 11.2 Å². The number of nitrogens with zero attached hydrogens (tertiary/aromatic N) is 3. The fraction of sp³-hybridized carbons (Fsp3) is 0.200. The van der Waals surface area contributed by atoms with E-state index in [4.69, 9.17) is 11.6 Å². The predicted molar refractivity (Wildman–Crippen MR) is 80.8 cm³/mol. The van der Waals surface area contributed by atoms with E-state index in [2.05, 4.69) is 47.7 Å². The van der Waals surface area contributed by atoms with E-state index in [9.17, 15) is 0 Å². The Morgan fingerprint density at radius 1 is 1.59 bits per heavy atom. The van der Waals surface area contributed by atoms with Crippen LogP contribution in [0.5, 0.6) is 0 Å². The van der Waals surface area contributed by atoms with E-state index < -0.39 is 0 Å². The van der Waals surface area contributed by atoms with Crippen molar-refractivity contribution in [2.45, 2.75) is 6.92 Å². The van der Waals surface area contributed by atoms with Crippen molar-refractivity contribution < 1.29 is 0 Å². The summed E-state index contributed by atoms with van der Waals surface area (Å²) in [5.74, 6) is 3.59. The molecular weight excluding hydrogens is 371 g/mol. The topological polar surface area (TPSA) is 42.2 Å². The van der Waals surface area contributed by atoms with Crippen LogP contribution in [0.3, 0.4) is 0 Å². The largest absolute Gasteiger partial charge is 0.370 e. The van der Waals surface area contributed by atoms with Gasteiger partial charge in [0.1, 0.15) is 5.15 Å². The number of hydrogen-bond donors (Lipinski definition) is 1. The SMILES string of the molecule is CNc1nc(C#CSI)c(Cl)n2c(C)cnc12. The first-order valence-electron chi connectivity index (χ1n) is 4.69. The first-order valence-corrected chi connectivity index (χ1v) is 8.42. The molecule has 0 radical (unpaired) electrons. The second-order valence-electron chi connectivity index (χ2n) is 3.21. The number of aromatic nitrogens is 3. The molecule has 0 bridgehead atoms. The Bertz CT molecular complexity index is 628. The maximum absolute atomic E-state index is 6.27. The molecule has 0 aromatic carbocycles. The van der Waals surface area contributed by atoms with Gasteiger partial charge in [-0.1, -0.05) is 11.6 Å². The van der Waals surface area contributed by atoms with Gasteiger partial charge in [-0.05, 0) is 27.0 Å². The molecule has 0 saturated carbocycles. The molecule has 0 aliphatic carbocycles. The smallest absolute Gasteiger partial charge is 0.181 e. The van der Waals surface area contributed by atoms with Gasteiger partial charge >= 0.3 is 0 Å². The molecule has 1 N–H and O–H groups in total. The quantitative estimate of drug-likeness (QED) is 0.611. The van der Waals surface area contributed by atoms with Gasteiger partial charge < -0.3 is 5.32 Å². The number of halogens is 2. The van der Waals surface area contributed by atoms with Gasteiger partial charge in [0.2, 0.25) is 0 Å². The Labute approximate surface area is 120 Å². The normalized spacial score (nSPS) is 10.1. The third kappa shape index (κ3) is 2.32. The van der Waals surface area contributed by atoms with Crippen molar-refractivity contribution in [1.29, 1.82) is 0 Å². The molecule has 88 valence electrons. The van der Waals surface area contributed by atoms with Crippen LogP contribution in [0.25, 0.3) is 5.65 Å². The summed E-state index contributed by atoms with van der Waals surface area (Å²) in [4.78, 5) is 8.62. The predicted octanol–water partition coefficient (Wildman–Crippen LogP) is 3.13. The van der Waals surface area contributed by atoms with Crippen LogP contribution >= 0.6 is 41.7 Å². The number of nitrogens with one attached hydrogen (secondary N) is 1. The number of fused-ring (bicyclic) bond motifs is 1. The Morgan fingerprint density at radius 2 is 2.35 bits per heavy atom. The maximum Gasteiger partial charge on any atom is 0.181 e. The van der Waals surface area contributed by atoms with Crippen molar-refractivity contribution in [3.63, 3.8) is 0 Å².